The van der Waals surface area contributed by atoms with Crippen LogP contribution in [0.1, 0.15) is 17.2 Å². The summed E-state index contributed by atoms with van der Waals surface area (Å²) in [4.78, 5) is 0. The van der Waals surface area contributed by atoms with Gasteiger partial charge in [0.05, 0.1) is 12.7 Å². The summed E-state index contributed by atoms with van der Waals surface area (Å²) in [7, 11) is 0. The molecule has 19 heavy (non-hydrogen) atoms. The summed E-state index contributed by atoms with van der Waals surface area (Å²) in [5.41, 5.74) is 7.66. The van der Waals surface area contributed by atoms with Crippen molar-refractivity contribution in [2.24, 2.45) is 5.73 Å². The molecule has 2 aromatic rings. The molecule has 0 amide bonds. The average Bonchev–Trinajstić information content (AvgIpc) is 2.41. The second-order valence-corrected chi connectivity index (χ2v) is 5.13. The summed E-state index contributed by atoms with van der Waals surface area (Å²) >= 11 is 3.42. The second kappa shape index (κ2) is 6.80. The lowest BCUT2D eigenvalue weighted by Crippen LogP contribution is -2.15. The molecule has 1 atom stereocenters. The third-order valence-electron chi connectivity index (χ3n) is 2.80. The van der Waals surface area contributed by atoms with Crippen molar-refractivity contribution in [3.05, 3.63) is 69.9 Å². The maximum atomic E-state index is 12.9. The molecule has 0 heterocycles. The number of hydrogen-bond acceptors (Lipinski definition) is 2. The van der Waals surface area contributed by atoms with Crippen LogP contribution in [0.15, 0.2) is 53.0 Å². The van der Waals surface area contributed by atoms with Crippen molar-refractivity contribution in [2.45, 2.75) is 12.7 Å². The Hall–Kier alpha value is -1.23. The van der Waals surface area contributed by atoms with E-state index in [9.17, 15) is 4.39 Å². The number of nitrogens with two attached hydrogens (primary N) is 1. The molecule has 0 aliphatic rings. The molecule has 0 saturated carbocycles. The molecule has 0 spiro atoms. The highest BCUT2D eigenvalue weighted by atomic mass is 79.9. The average molecular weight is 324 g/mol. The number of ether oxygens (including phenoxy) is 1. The van der Waals surface area contributed by atoms with Gasteiger partial charge in [-0.25, -0.2) is 4.39 Å². The van der Waals surface area contributed by atoms with E-state index in [1.165, 1.54) is 12.1 Å². The molecule has 2 rings (SSSR count). The smallest absolute Gasteiger partial charge is 0.123 e. The maximum absolute atomic E-state index is 12.9. The van der Waals surface area contributed by atoms with E-state index in [1.54, 1.807) is 12.1 Å². The van der Waals surface area contributed by atoms with E-state index < -0.39 is 0 Å². The molecule has 0 aliphatic heterocycles. The number of halogens is 2. The Morgan fingerprint density at radius 3 is 2.53 bits per heavy atom. The maximum Gasteiger partial charge on any atom is 0.123 e. The molecule has 2 nitrogen and oxygen atoms in total. The van der Waals surface area contributed by atoms with Crippen molar-refractivity contribution in [3.8, 4) is 0 Å². The van der Waals surface area contributed by atoms with Gasteiger partial charge in [-0.15, -0.1) is 0 Å². The van der Waals surface area contributed by atoms with Gasteiger partial charge in [0.25, 0.3) is 0 Å². The highest BCUT2D eigenvalue weighted by molar-refractivity contribution is 9.10. The van der Waals surface area contributed by atoms with E-state index in [4.69, 9.17) is 10.5 Å². The van der Waals surface area contributed by atoms with Crippen LogP contribution in [0.25, 0.3) is 0 Å². The van der Waals surface area contributed by atoms with E-state index in [-0.39, 0.29) is 11.9 Å². The Bertz CT molecular complexity index is 530. The first-order chi connectivity index (χ1) is 9.19. The molecule has 0 fully saturated rings. The number of rotatable bonds is 5. The number of benzene rings is 2. The predicted octanol–water partition coefficient (Wildman–Crippen LogP) is 3.80. The minimum atomic E-state index is -0.258. The monoisotopic (exact) mass is 323 g/mol. The fraction of sp³-hybridized carbons (Fsp3) is 0.200. The molecule has 0 bridgehead atoms. The summed E-state index contributed by atoms with van der Waals surface area (Å²) in [6.07, 6.45) is -0.223. The Morgan fingerprint density at radius 1 is 1.16 bits per heavy atom. The Morgan fingerprint density at radius 2 is 1.89 bits per heavy atom. The summed E-state index contributed by atoms with van der Waals surface area (Å²) in [6, 6.07) is 14.1. The van der Waals surface area contributed by atoms with Gasteiger partial charge in [0.1, 0.15) is 5.82 Å². The highest BCUT2D eigenvalue weighted by Crippen LogP contribution is 2.20. The standard InChI is InChI=1S/C15H15BrFNO/c16-13-3-1-2-11(8-13)10-19-15(9-18)12-4-6-14(17)7-5-12/h1-8,15H,9-10,18H2. The molecule has 4 heteroatoms. The highest BCUT2D eigenvalue weighted by Gasteiger charge is 2.10. The third-order valence-corrected chi connectivity index (χ3v) is 3.29. The van der Waals surface area contributed by atoms with Gasteiger partial charge < -0.3 is 10.5 Å². The quantitative estimate of drug-likeness (QED) is 0.908. The first-order valence-electron chi connectivity index (χ1n) is 6.00. The fourth-order valence-electron chi connectivity index (χ4n) is 1.80. The van der Waals surface area contributed by atoms with Gasteiger partial charge in [-0.3, -0.25) is 0 Å². The van der Waals surface area contributed by atoms with E-state index in [1.807, 2.05) is 24.3 Å². The normalized spacial score (nSPS) is 12.4. The molecule has 1 unspecified atom stereocenters. The zero-order valence-corrected chi connectivity index (χ0v) is 11.9. The van der Waals surface area contributed by atoms with Crippen LogP contribution in [0.4, 0.5) is 4.39 Å². The molecular weight excluding hydrogens is 309 g/mol. The van der Waals surface area contributed by atoms with Crippen molar-refractivity contribution in [1.29, 1.82) is 0 Å². The van der Waals surface area contributed by atoms with Crippen LogP contribution in [-0.2, 0) is 11.3 Å². The summed E-state index contributed by atoms with van der Waals surface area (Å²) in [5, 5.41) is 0. The van der Waals surface area contributed by atoms with E-state index in [0.717, 1.165) is 15.6 Å². The molecule has 0 saturated heterocycles. The van der Waals surface area contributed by atoms with Gasteiger partial charge in [0, 0.05) is 11.0 Å². The van der Waals surface area contributed by atoms with Crippen LogP contribution >= 0.6 is 15.9 Å². The lowest BCUT2D eigenvalue weighted by atomic mass is 10.1. The van der Waals surface area contributed by atoms with Crippen molar-refractivity contribution in [1.82, 2.24) is 0 Å². The fourth-order valence-corrected chi connectivity index (χ4v) is 2.25. The van der Waals surface area contributed by atoms with E-state index in [0.29, 0.717) is 13.2 Å². The van der Waals surface area contributed by atoms with Crippen molar-refractivity contribution >= 4 is 15.9 Å². The van der Waals surface area contributed by atoms with Gasteiger partial charge in [-0.1, -0.05) is 40.2 Å². The third kappa shape index (κ3) is 4.13. The Kier molecular flexibility index (Phi) is 5.07. The first kappa shape index (κ1) is 14.2. The molecule has 2 N–H and O–H groups in total. The lowest BCUT2D eigenvalue weighted by molar-refractivity contribution is 0.0456. The SMILES string of the molecule is NCC(OCc1cccc(Br)c1)c1ccc(F)cc1. The van der Waals surface area contributed by atoms with Crippen LogP contribution in [0.3, 0.4) is 0 Å². The van der Waals surface area contributed by atoms with Gasteiger partial charge >= 0.3 is 0 Å². The summed E-state index contributed by atoms with van der Waals surface area (Å²) in [6.45, 7) is 0.832. The van der Waals surface area contributed by atoms with Crippen LogP contribution in [-0.4, -0.2) is 6.54 Å². The summed E-state index contributed by atoms with van der Waals surface area (Å²) in [5.74, 6) is -0.258. The molecule has 0 radical (unpaired) electrons. The second-order valence-electron chi connectivity index (χ2n) is 4.22. The largest absolute Gasteiger partial charge is 0.368 e. The summed E-state index contributed by atoms with van der Waals surface area (Å²) < 4.78 is 19.7. The molecule has 0 aromatic heterocycles. The zero-order valence-electron chi connectivity index (χ0n) is 10.4. The van der Waals surface area contributed by atoms with Gasteiger partial charge in [-0.05, 0) is 35.4 Å². The topological polar surface area (TPSA) is 35.2 Å². The minimum absolute atomic E-state index is 0.223. The zero-order chi connectivity index (χ0) is 13.7. The van der Waals surface area contributed by atoms with Crippen LogP contribution in [0.5, 0.6) is 0 Å². The van der Waals surface area contributed by atoms with Crippen LogP contribution in [0.2, 0.25) is 0 Å². The Labute approximate surface area is 120 Å². The van der Waals surface area contributed by atoms with Gasteiger partial charge in [0.2, 0.25) is 0 Å². The van der Waals surface area contributed by atoms with E-state index >= 15 is 0 Å². The number of hydrogen-bond donors (Lipinski definition) is 1. The Balaban J connectivity index is 2.01. The van der Waals surface area contributed by atoms with Crippen molar-refractivity contribution in [2.75, 3.05) is 6.54 Å². The first-order valence-corrected chi connectivity index (χ1v) is 6.80. The lowest BCUT2D eigenvalue weighted by Gasteiger charge is -2.16. The molecule has 100 valence electrons. The van der Waals surface area contributed by atoms with Crippen LogP contribution in [0, 0.1) is 5.82 Å². The minimum Gasteiger partial charge on any atom is -0.368 e. The van der Waals surface area contributed by atoms with Gasteiger partial charge in [-0.2, -0.15) is 0 Å². The van der Waals surface area contributed by atoms with Gasteiger partial charge in [0.15, 0.2) is 0 Å². The molecule has 2 aromatic carbocycles. The predicted molar refractivity (Wildman–Crippen MR) is 77.1 cm³/mol. The van der Waals surface area contributed by atoms with Crippen molar-refractivity contribution < 1.29 is 9.13 Å². The molecular formula is C15H15BrFNO. The van der Waals surface area contributed by atoms with Crippen LogP contribution < -0.4 is 5.73 Å². The van der Waals surface area contributed by atoms with E-state index in [2.05, 4.69) is 15.9 Å². The van der Waals surface area contributed by atoms with Crippen molar-refractivity contribution in [3.63, 3.8) is 0 Å². The molecule has 0 aliphatic carbocycles.